The van der Waals surface area contributed by atoms with E-state index in [0.29, 0.717) is 19.4 Å². The van der Waals surface area contributed by atoms with Gasteiger partial charge in [0, 0.05) is 32.3 Å². The third-order valence-corrected chi connectivity index (χ3v) is 4.68. The quantitative estimate of drug-likeness (QED) is 0.831. The molecule has 19 heavy (non-hydrogen) atoms. The highest BCUT2D eigenvalue weighted by Crippen LogP contribution is 2.16. The smallest absolute Gasteiger partial charge is 0.241 e. The number of likely N-dealkylation sites (tertiary alicyclic amines) is 1. The van der Waals surface area contributed by atoms with E-state index >= 15 is 0 Å². The molecule has 0 aliphatic carbocycles. The lowest BCUT2D eigenvalue weighted by Crippen LogP contribution is -2.48. The molecule has 6 nitrogen and oxygen atoms in total. The SMILES string of the molecule is CN1CC(NS(=O)(=O)c2ccnc(Cl)c2)CCC1=O. The van der Waals surface area contributed by atoms with Crippen LogP contribution in [0, 0.1) is 0 Å². The first-order valence-corrected chi connectivity index (χ1v) is 7.62. The zero-order valence-corrected chi connectivity index (χ0v) is 11.9. The fourth-order valence-electron chi connectivity index (χ4n) is 1.95. The number of halogens is 1. The summed E-state index contributed by atoms with van der Waals surface area (Å²) in [5.74, 6) is 0.0300. The van der Waals surface area contributed by atoms with Crippen LogP contribution in [0.15, 0.2) is 23.2 Å². The van der Waals surface area contributed by atoms with Crippen LogP contribution in [0.3, 0.4) is 0 Å². The van der Waals surface area contributed by atoms with Crippen molar-refractivity contribution in [3.05, 3.63) is 23.5 Å². The van der Waals surface area contributed by atoms with E-state index in [1.165, 1.54) is 23.2 Å². The number of nitrogens with one attached hydrogen (secondary N) is 1. The number of likely N-dealkylation sites (N-methyl/N-ethyl adjacent to an activating group) is 1. The molecule has 1 aliphatic heterocycles. The standard InChI is InChI=1S/C11H14ClN3O3S/c1-15-7-8(2-3-11(15)16)14-19(17,18)9-4-5-13-10(12)6-9/h4-6,8,14H,2-3,7H2,1H3. The van der Waals surface area contributed by atoms with Crippen molar-refractivity contribution < 1.29 is 13.2 Å². The summed E-state index contributed by atoms with van der Waals surface area (Å²) < 4.78 is 26.9. The molecular weight excluding hydrogens is 290 g/mol. The lowest BCUT2D eigenvalue weighted by atomic mass is 10.1. The fourth-order valence-corrected chi connectivity index (χ4v) is 3.46. The van der Waals surface area contributed by atoms with E-state index in [2.05, 4.69) is 9.71 Å². The number of piperidine rings is 1. The van der Waals surface area contributed by atoms with Crippen LogP contribution in [-0.2, 0) is 14.8 Å². The molecule has 1 atom stereocenters. The van der Waals surface area contributed by atoms with Crippen molar-refractivity contribution >= 4 is 27.5 Å². The number of aromatic nitrogens is 1. The number of hydrogen-bond donors (Lipinski definition) is 1. The maximum Gasteiger partial charge on any atom is 0.241 e. The number of sulfonamides is 1. The molecule has 1 aromatic heterocycles. The molecule has 1 aliphatic rings. The number of carbonyl (C=O) groups is 1. The molecular formula is C11H14ClN3O3S. The van der Waals surface area contributed by atoms with Gasteiger partial charge in [-0.1, -0.05) is 11.6 Å². The van der Waals surface area contributed by atoms with Gasteiger partial charge in [-0.2, -0.15) is 0 Å². The molecule has 0 spiro atoms. The van der Waals surface area contributed by atoms with Gasteiger partial charge in [0.2, 0.25) is 15.9 Å². The van der Waals surface area contributed by atoms with Gasteiger partial charge in [-0.3, -0.25) is 4.79 Å². The molecule has 0 aromatic carbocycles. The summed E-state index contributed by atoms with van der Waals surface area (Å²) in [7, 11) is -1.98. The van der Waals surface area contributed by atoms with Crippen LogP contribution in [-0.4, -0.2) is 43.8 Å². The molecule has 104 valence electrons. The predicted molar refractivity (Wildman–Crippen MR) is 70.2 cm³/mol. The van der Waals surface area contributed by atoms with Gasteiger partial charge in [0.15, 0.2) is 0 Å². The monoisotopic (exact) mass is 303 g/mol. The summed E-state index contributed by atoms with van der Waals surface area (Å²) in [5.41, 5.74) is 0. The first-order chi connectivity index (χ1) is 8.88. The van der Waals surface area contributed by atoms with Crippen molar-refractivity contribution in [1.82, 2.24) is 14.6 Å². The summed E-state index contributed by atoms with van der Waals surface area (Å²) in [6, 6.07) is 2.40. The average molecular weight is 304 g/mol. The minimum absolute atomic E-state index is 0.0300. The van der Waals surface area contributed by atoms with E-state index in [-0.39, 0.29) is 22.0 Å². The molecule has 1 N–H and O–H groups in total. The Kier molecular flexibility index (Phi) is 4.07. The van der Waals surface area contributed by atoms with Gasteiger partial charge in [0.05, 0.1) is 4.90 Å². The zero-order chi connectivity index (χ0) is 14.0. The van der Waals surface area contributed by atoms with Crippen molar-refractivity contribution in [3.63, 3.8) is 0 Å². The zero-order valence-electron chi connectivity index (χ0n) is 10.3. The molecule has 0 saturated carbocycles. The normalized spacial score (nSPS) is 20.6. The van der Waals surface area contributed by atoms with Gasteiger partial charge in [-0.15, -0.1) is 0 Å². The number of hydrogen-bond acceptors (Lipinski definition) is 4. The van der Waals surface area contributed by atoms with E-state index in [9.17, 15) is 13.2 Å². The van der Waals surface area contributed by atoms with E-state index in [1.54, 1.807) is 7.05 Å². The molecule has 1 unspecified atom stereocenters. The fraction of sp³-hybridized carbons (Fsp3) is 0.455. The minimum Gasteiger partial charge on any atom is -0.344 e. The molecule has 1 saturated heterocycles. The number of nitrogens with zero attached hydrogens (tertiary/aromatic N) is 2. The summed E-state index contributed by atoms with van der Waals surface area (Å²) in [4.78, 5) is 16.7. The largest absolute Gasteiger partial charge is 0.344 e. The van der Waals surface area contributed by atoms with Gasteiger partial charge >= 0.3 is 0 Å². The molecule has 0 bridgehead atoms. The Morgan fingerprint density at radius 2 is 2.26 bits per heavy atom. The first kappa shape index (κ1) is 14.2. The van der Waals surface area contributed by atoms with Gasteiger partial charge in [0.1, 0.15) is 5.15 Å². The third-order valence-electron chi connectivity index (χ3n) is 2.96. The van der Waals surface area contributed by atoms with Gasteiger partial charge < -0.3 is 4.90 Å². The highest BCUT2D eigenvalue weighted by atomic mass is 35.5. The third kappa shape index (κ3) is 3.43. The van der Waals surface area contributed by atoms with Crippen LogP contribution in [0.1, 0.15) is 12.8 Å². The van der Waals surface area contributed by atoms with Crippen LogP contribution >= 0.6 is 11.6 Å². The Hall–Kier alpha value is -1.18. The molecule has 2 heterocycles. The van der Waals surface area contributed by atoms with Gasteiger partial charge in [0.25, 0.3) is 0 Å². The van der Waals surface area contributed by atoms with Gasteiger partial charge in [-0.25, -0.2) is 18.1 Å². The Bertz CT molecular complexity index is 591. The molecule has 2 rings (SSSR count). The van der Waals surface area contributed by atoms with Crippen molar-refractivity contribution in [2.45, 2.75) is 23.8 Å². The summed E-state index contributed by atoms with van der Waals surface area (Å²) in [6.45, 7) is 0.372. The first-order valence-electron chi connectivity index (χ1n) is 5.76. The Labute approximate surface area is 116 Å². The maximum atomic E-state index is 12.1. The van der Waals surface area contributed by atoms with Crippen molar-refractivity contribution in [2.75, 3.05) is 13.6 Å². The summed E-state index contributed by atoms with van der Waals surface area (Å²) in [5, 5.41) is 0.124. The highest BCUT2D eigenvalue weighted by Gasteiger charge is 2.27. The molecule has 0 radical (unpaired) electrons. The average Bonchev–Trinajstić information content (AvgIpc) is 2.33. The van der Waals surface area contributed by atoms with Crippen LogP contribution in [0.5, 0.6) is 0 Å². The van der Waals surface area contributed by atoms with E-state index in [4.69, 9.17) is 11.6 Å². The van der Waals surface area contributed by atoms with Crippen molar-refractivity contribution in [2.24, 2.45) is 0 Å². The number of rotatable bonds is 3. The number of carbonyl (C=O) groups excluding carboxylic acids is 1. The lowest BCUT2D eigenvalue weighted by molar-refractivity contribution is -0.132. The topological polar surface area (TPSA) is 79.4 Å². The van der Waals surface area contributed by atoms with E-state index < -0.39 is 10.0 Å². The Morgan fingerprint density at radius 3 is 2.89 bits per heavy atom. The van der Waals surface area contributed by atoms with Crippen LogP contribution in [0.25, 0.3) is 0 Å². The van der Waals surface area contributed by atoms with Crippen LogP contribution < -0.4 is 4.72 Å². The van der Waals surface area contributed by atoms with Crippen molar-refractivity contribution in [3.8, 4) is 0 Å². The molecule has 1 fully saturated rings. The maximum absolute atomic E-state index is 12.1. The van der Waals surface area contributed by atoms with Gasteiger partial charge in [-0.05, 0) is 18.6 Å². The summed E-state index contributed by atoms with van der Waals surface area (Å²) in [6.07, 6.45) is 2.19. The van der Waals surface area contributed by atoms with E-state index in [1.807, 2.05) is 0 Å². The Morgan fingerprint density at radius 1 is 1.53 bits per heavy atom. The summed E-state index contributed by atoms with van der Waals surface area (Å²) >= 11 is 5.68. The Balaban J connectivity index is 2.12. The van der Waals surface area contributed by atoms with Crippen LogP contribution in [0.4, 0.5) is 0 Å². The second-order valence-electron chi connectivity index (χ2n) is 4.45. The van der Waals surface area contributed by atoms with Crippen molar-refractivity contribution in [1.29, 1.82) is 0 Å². The second-order valence-corrected chi connectivity index (χ2v) is 6.55. The van der Waals surface area contributed by atoms with Crippen LogP contribution in [0.2, 0.25) is 5.15 Å². The molecule has 8 heteroatoms. The lowest BCUT2D eigenvalue weighted by Gasteiger charge is -2.29. The second kappa shape index (κ2) is 5.44. The molecule has 1 amide bonds. The number of amides is 1. The predicted octanol–water partition coefficient (Wildman–Crippen LogP) is 0.634. The highest BCUT2D eigenvalue weighted by molar-refractivity contribution is 7.89. The molecule has 1 aromatic rings. The minimum atomic E-state index is -3.64. The van der Waals surface area contributed by atoms with E-state index in [0.717, 1.165) is 0 Å². The number of pyridine rings is 1.